The fraction of sp³-hybridized carbons (Fsp3) is 0.474. The van der Waals surface area contributed by atoms with Crippen molar-refractivity contribution in [3.8, 4) is 0 Å². The van der Waals surface area contributed by atoms with Crippen LogP contribution in [-0.4, -0.2) is 61.6 Å². The maximum absolute atomic E-state index is 12.9. The topological polar surface area (TPSA) is 63.0 Å². The van der Waals surface area contributed by atoms with Crippen LogP contribution in [0.15, 0.2) is 35.7 Å². The predicted molar refractivity (Wildman–Crippen MR) is 107 cm³/mol. The number of anilines is 1. The fourth-order valence-electron chi connectivity index (χ4n) is 4.18. The van der Waals surface area contributed by atoms with Crippen molar-refractivity contribution in [1.29, 1.82) is 0 Å². The molecule has 2 saturated heterocycles. The van der Waals surface area contributed by atoms with E-state index >= 15 is 0 Å². The van der Waals surface area contributed by atoms with E-state index in [0.29, 0.717) is 28.4 Å². The van der Waals surface area contributed by atoms with E-state index in [1.807, 2.05) is 4.31 Å². The number of nitrogens with zero attached hydrogens (tertiary/aromatic N) is 7. The molecule has 0 N–H and O–H groups in total. The summed E-state index contributed by atoms with van der Waals surface area (Å²) in [7, 11) is 0. The van der Waals surface area contributed by atoms with E-state index in [4.69, 9.17) is 0 Å². The highest BCUT2D eigenvalue weighted by Gasteiger charge is 2.48. The molecule has 170 valence electrons. The SMILES string of the molecule is FC(F)Cn1ncc2ncc(N3CCC4(CN(Sc5cncc(C(F)(F)F)c5)C4)C3)nc21. The van der Waals surface area contributed by atoms with Gasteiger partial charge in [-0.25, -0.2) is 27.7 Å². The summed E-state index contributed by atoms with van der Waals surface area (Å²) in [6, 6.07) is 1.11. The molecule has 0 atom stereocenters. The molecular formula is C19H18F5N7S. The second-order valence-corrected chi connectivity index (χ2v) is 9.29. The number of halogens is 5. The lowest BCUT2D eigenvalue weighted by molar-refractivity contribution is -0.138. The summed E-state index contributed by atoms with van der Waals surface area (Å²) >= 11 is 1.27. The molecule has 7 nitrogen and oxygen atoms in total. The minimum atomic E-state index is -4.42. The number of hydrogen-bond acceptors (Lipinski definition) is 7. The highest BCUT2D eigenvalue weighted by molar-refractivity contribution is 7.97. The van der Waals surface area contributed by atoms with Crippen LogP contribution in [0.2, 0.25) is 0 Å². The fourth-order valence-corrected chi connectivity index (χ4v) is 5.45. The van der Waals surface area contributed by atoms with Crippen LogP contribution < -0.4 is 4.90 Å². The third-order valence-electron chi connectivity index (χ3n) is 5.70. The Bertz CT molecular complexity index is 1130. The molecule has 0 bridgehead atoms. The third kappa shape index (κ3) is 4.10. The van der Waals surface area contributed by atoms with Gasteiger partial charge in [0.15, 0.2) is 5.65 Å². The van der Waals surface area contributed by atoms with Crippen LogP contribution in [0.5, 0.6) is 0 Å². The Kier molecular flexibility index (Phi) is 5.19. The molecule has 3 aromatic rings. The highest BCUT2D eigenvalue weighted by Crippen LogP contribution is 2.45. The van der Waals surface area contributed by atoms with Gasteiger partial charge in [-0.3, -0.25) is 4.98 Å². The molecule has 0 aromatic carbocycles. The van der Waals surface area contributed by atoms with E-state index in [1.54, 1.807) is 6.20 Å². The van der Waals surface area contributed by atoms with E-state index in [1.165, 1.54) is 24.3 Å². The van der Waals surface area contributed by atoms with Gasteiger partial charge in [0.05, 0.1) is 18.0 Å². The molecule has 2 aliphatic rings. The first kappa shape index (κ1) is 21.3. The number of fused-ring (bicyclic) bond motifs is 1. The molecule has 0 amide bonds. The lowest BCUT2D eigenvalue weighted by atomic mass is 9.81. The van der Waals surface area contributed by atoms with Crippen molar-refractivity contribution in [2.75, 3.05) is 31.1 Å². The van der Waals surface area contributed by atoms with E-state index in [2.05, 4.69) is 25.0 Å². The Hall–Kier alpha value is -2.54. The number of rotatable bonds is 5. The van der Waals surface area contributed by atoms with Gasteiger partial charge in [0.25, 0.3) is 6.43 Å². The van der Waals surface area contributed by atoms with Crippen LogP contribution in [0.4, 0.5) is 27.8 Å². The van der Waals surface area contributed by atoms with Crippen molar-refractivity contribution in [2.45, 2.75) is 30.5 Å². The molecule has 0 unspecified atom stereocenters. The predicted octanol–water partition coefficient (Wildman–Crippen LogP) is 3.72. The summed E-state index contributed by atoms with van der Waals surface area (Å²) in [5.41, 5.74) is 0.0442. The Morgan fingerprint density at radius 2 is 1.91 bits per heavy atom. The molecule has 0 saturated carbocycles. The first-order valence-corrected chi connectivity index (χ1v) is 10.6. The molecule has 2 aliphatic heterocycles. The molecule has 2 fully saturated rings. The largest absolute Gasteiger partial charge is 0.417 e. The molecule has 1 spiro atoms. The number of alkyl halides is 5. The zero-order valence-electron chi connectivity index (χ0n) is 16.6. The van der Waals surface area contributed by atoms with Crippen molar-refractivity contribution in [3.63, 3.8) is 0 Å². The van der Waals surface area contributed by atoms with E-state index in [-0.39, 0.29) is 5.41 Å². The van der Waals surface area contributed by atoms with Gasteiger partial charge in [0.1, 0.15) is 17.9 Å². The Morgan fingerprint density at radius 1 is 1.09 bits per heavy atom. The monoisotopic (exact) mass is 471 g/mol. The van der Waals surface area contributed by atoms with Gasteiger partial charge in [0, 0.05) is 48.9 Å². The highest BCUT2D eigenvalue weighted by atomic mass is 32.2. The van der Waals surface area contributed by atoms with Crippen LogP contribution in [0.25, 0.3) is 11.2 Å². The number of hydrogen-bond donors (Lipinski definition) is 0. The van der Waals surface area contributed by atoms with Crippen LogP contribution in [0, 0.1) is 5.41 Å². The minimum Gasteiger partial charge on any atom is -0.355 e. The quantitative estimate of drug-likeness (QED) is 0.415. The summed E-state index contributed by atoms with van der Waals surface area (Å²) in [5.74, 6) is 0.610. The molecule has 5 rings (SSSR count). The van der Waals surface area contributed by atoms with Crippen molar-refractivity contribution in [2.24, 2.45) is 5.41 Å². The first-order valence-electron chi connectivity index (χ1n) is 9.88. The van der Waals surface area contributed by atoms with E-state index < -0.39 is 24.7 Å². The first-order chi connectivity index (χ1) is 15.2. The molecule has 3 aromatic heterocycles. The maximum Gasteiger partial charge on any atom is 0.417 e. The van der Waals surface area contributed by atoms with Gasteiger partial charge >= 0.3 is 6.18 Å². The van der Waals surface area contributed by atoms with Gasteiger partial charge in [-0.05, 0) is 24.4 Å². The van der Waals surface area contributed by atoms with Crippen LogP contribution in [-0.2, 0) is 12.7 Å². The smallest absolute Gasteiger partial charge is 0.355 e. The van der Waals surface area contributed by atoms with Crippen LogP contribution in [0.1, 0.15) is 12.0 Å². The van der Waals surface area contributed by atoms with Crippen LogP contribution in [0.3, 0.4) is 0 Å². The molecule has 0 radical (unpaired) electrons. The zero-order valence-corrected chi connectivity index (χ0v) is 17.5. The zero-order chi connectivity index (χ0) is 22.5. The standard InChI is InChI=1S/C19H18F5N7S/c20-15(21)8-31-17-14(6-27-31)26-7-16(28-17)29-2-1-18(9-29)10-30(11-18)32-13-3-12(4-25-5-13)19(22,23)24/h3-7,15H,1-2,8-11H2. The summed E-state index contributed by atoms with van der Waals surface area (Å²) in [4.78, 5) is 15.0. The third-order valence-corrected chi connectivity index (χ3v) is 6.65. The van der Waals surface area contributed by atoms with Crippen molar-refractivity contribution in [1.82, 2.24) is 29.0 Å². The lowest BCUT2D eigenvalue weighted by Gasteiger charge is -2.47. The lowest BCUT2D eigenvalue weighted by Crippen LogP contribution is -2.54. The second kappa shape index (κ2) is 7.80. The van der Waals surface area contributed by atoms with E-state index in [9.17, 15) is 22.0 Å². The van der Waals surface area contributed by atoms with Crippen LogP contribution >= 0.6 is 11.9 Å². The van der Waals surface area contributed by atoms with Gasteiger partial charge in [-0.2, -0.15) is 18.3 Å². The normalized spacial score (nSPS) is 18.8. The number of aromatic nitrogens is 5. The maximum atomic E-state index is 12.9. The summed E-state index contributed by atoms with van der Waals surface area (Å²) < 4.78 is 67.4. The summed E-state index contributed by atoms with van der Waals surface area (Å²) in [6.45, 7) is 2.37. The Labute approximate surface area is 183 Å². The minimum absolute atomic E-state index is 0.0158. The van der Waals surface area contributed by atoms with Gasteiger partial charge in [-0.15, -0.1) is 0 Å². The van der Waals surface area contributed by atoms with Gasteiger partial charge in [0.2, 0.25) is 0 Å². The summed E-state index contributed by atoms with van der Waals surface area (Å²) in [5, 5.41) is 3.94. The molecule has 5 heterocycles. The molecule has 0 aliphatic carbocycles. The molecule has 13 heteroatoms. The average Bonchev–Trinajstić information content (AvgIpc) is 3.32. The second-order valence-electron chi connectivity index (χ2n) is 8.12. The Morgan fingerprint density at radius 3 is 2.66 bits per heavy atom. The average molecular weight is 471 g/mol. The summed E-state index contributed by atoms with van der Waals surface area (Å²) in [6.07, 6.45) is -0.761. The molecular weight excluding hydrogens is 453 g/mol. The van der Waals surface area contributed by atoms with Crippen molar-refractivity contribution in [3.05, 3.63) is 36.4 Å². The van der Waals surface area contributed by atoms with Crippen molar-refractivity contribution >= 4 is 28.9 Å². The van der Waals surface area contributed by atoms with Gasteiger partial charge in [-0.1, -0.05) is 0 Å². The number of pyridine rings is 1. The molecule has 32 heavy (non-hydrogen) atoms. The van der Waals surface area contributed by atoms with Gasteiger partial charge < -0.3 is 4.90 Å². The van der Waals surface area contributed by atoms with Crippen molar-refractivity contribution < 1.29 is 22.0 Å². The van der Waals surface area contributed by atoms with E-state index in [0.717, 1.165) is 43.0 Å². The Balaban J connectivity index is 1.23.